The molecule has 4 nitrogen and oxygen atoms in total. The first-order valence-electron chi connectivity index (χ1n) is 8.00. The molecule has 2 aromatic rings. The molecule has 1 N–H and O–H groups in total. The van der Waals surface area contributed by atoms with Crippen LogP contribution in [-0.4, -0.2) is 29.1 Å². The number of likely N-dealkylation sites (N-methyl/N-ethyl adjacent to an activating group) is 1. The Hall–Kier alpha value is -1.81. The summed E-state index contributed by atoms with van der Waals surface area (Å²) in [7, 11) is 1.87. The van der Waals surface area contributed by atoms with Crippen molar-refractivity contribution < 1.29 is 14.3 Å². The molecule has 1 aromatic heterocycles. The Labute approximate surface area is 131 Å². The summed E-state index contributed by atoms with van der Waals surface area (Å²) in [4.78, 5) is 13.3. The highest BCUT2D eigenvalue weighted by atomic mass is 16.4. The predicted molar refractivity (Wildman–Crippen MR) is 88.0 cm³/mol. The maximum absolute atomic E-state index is 11.4. The molecule has 120 valence electrons. The van der Waals surface area contributed by atoms with Gasteiger partial charge in [0.25, 0.3) is 0 Å². The molecule has 0 aliphatic heterocycles. The van der Waals surface area contributed by atoms with Crippen molar-refractivity contribution >= 4 is 16.9 Å². The van der Waals surface area contributed by atoms with Crippen LogP contribution in [0.1, 0.15) is 44.4 Å². The van der Waals surface area contributed by atoms with Gasteiger partial charge in [0.2, 0.25) is 0 Å². The molecule has 2 rings (SSSR count). The van der Waals surface area contributed by atoms with Gasteiger partial charge in [0.15, 0.2) is 0 Å². The average molecular weight is 303 g/mol. The fourth-order valence-corrected chi connectivity index (χ4v) is 2.90. The minimum atomic E-state index is -0.770. The minimum absolute atomic E-state index is 0.465. The number of aryl methyl sites for hydroxylation is 1. The summed E-state index contributed by atoms with van der Waals surface area (Å²) in [5.74, 6) is 0.225. The van der Waals surface area contributed by atoms with Crippen molar-refractivity contribution in [1.82, 2.24) is 4.90 Å². The van der Waals surface area contributed by atoms with Crippen molar-refractivity contribution in [2.45, 2.75) is 52.1 Å². The van der Waals surface area contributed by atoms with Crippen LogP contribution in [0.5, 0.6) is 0 Å². The molecule has 0 fully saturated rings. The quantitative estimate of drug-likeness (QED) is 0.798. The lowest BCUT2D eigenvalue weighted by Gasteiger charge is -2.23. The summed E-state index contributed by atoms with van der Waals surface area (Å²) in [6.07, 6.45) is 3.68. The molecule has 0 aliphatic rings. The van der Waals surface area contributed by atoms with E-state index in [2.05, 4.69) is 13.0 Å². The number of carbonyl (C=O) groups is 1. The highest BCUT2D eigenvalue weighted by molar-refractivity contribution is 5.82. The van der Waals surface area contributed by atoms with E-state index in [4.69, 9.17) is 4.42 Å². The van der Waals surface area contributed by atoms with Crippen LogP contribution in [0, 0.1) is 0 Å². The van der Waals surface area contributed by atoms with Gasteiger partial charge in [-0.1, -0.05) is 38.5 Å². The zero-order valence-electron chi connectivity index (χ0n) is 13.6. The molecule has 4 heteroatoms. The number of aliphatic carboxylic acids is 1. The van der Waals surface area contributed by atoms with Crippen LogP contribution in [0.2, 0.25) is 0 Å². The van der Waals surface area contributed by atoms with E-state index in [1.165, 1.54) is 0 Å². The summed E-state index contributed by atoms with van der Waals surface area (Å²) < 4.78 is 6.00. The number of nitrogens with zero attached hydrogens (tertiary/aromatic N) is 1. The number of furan rings is 1. The van der Waals surface area contributed by atoms with E-state index in [0.717, 1.165) is 41.6 Å². The second kappa shape index (κ2) is 7.45. The maximum Gasteiger partial charge on any atom is 0.320 e. The lowest BCUT2D eigenvalue weighted by atomic mass is 10.1. The van der Waals surface area contributed by atoms with E-state index < -0.39 is 12.0 Å². The number of fused-ring (bicyclic) bond motifs is 1. The fraction of sp³-hybridized carbons (Fsp3) is 0.500. The molecule has 1 atom stereocenters. The Morgan fingerprint density at radius 3 is 2.68 bits per heavy atom. The van der Waals surface area contributed by atoms with Crippen molar-refractivity contribution in [2.24, 2.45) is 0 Å². The van der Waals surface area contributed by atoms with Gasteiger partial charge in [-0.15, -0.1) is 0 Å². The van der Waals surface area contributed by atoms with E-state index >= 15 is 0 Å². The van der Waals surface area contributed by atoms with E-state index in [1.54, 1.807) is 0 Å². The molecule has 0 aliphatic carbocycles. The van der Waals surface area contributed by atoms with Crippen LogP contribution in [0.15, 0.2) is 28.7 Å². The lowest BCUT2D eigenvalue weighted by Crippen LogP contribution is -2.37. The maximum atomic E-state index is 11.4. The van der Waals surface area contributed by atoms with Gasteiger partial charge in [-0.05, 0) is 26.0 Å². The first kappa shape index (κ1) is 16.6. The van der Waals surface area contributed by atoms with Crippen LogP contribution >= 0.6 is 0 Å². The number of carboxylic acids is 1. The molecule has 0 amide bonds. The summed E-state index contributed by atoms with van der Waals surface area (Å²) >= 11 is 0. The number of benzene rings is 1. The summed E-state index contributed by atoms with van der Waals surface area (Å²) in [5, 5.41) is 10.4. The number of para-hydroxylation sites is 1. The van der Waals surface area contributed by atoms with Crippen LogP contribution in [-0.2, 0) is 17.8 Å². The van der Waals surface area contributed by atoms with Crippen molar-refractivity contribution in [3.63, 3.8) is 0 Å². The van der Waals surface area contributed by atoms with Crippen molar-refractivity contribution in [1.29, 1.82) is 0 Å². The van der Waals surface area contributed by atoms with Gasteiger partial charge >= 0.3 is 5.97 Å². The molecule has 0 bridgehead atoms. The highest BCUT2D eigenvalue weighted by Gasteiger charge is 2.23. The highest BCUT2D eigenvalue weighted by Crippen LogP contribution is 2.28. The van der Waals surface area contributed by atoms with Gasteiger partial charge in [0.05, 0.1) is 0 Å². The predicted octanol–water partition coefficient (Wildman–Crippen LogP) is 4.07. The summed E-state index contributed by atoms with van der Waals surface area (Å²) in [6.45, 7) is 4.66. The molecule has 1 heterocycles. The molecular weight excluding hydrogens is 278 g/mol. The van der Waals surface area contributed by atoms with Gasteiger partial charge in [-0.2, -0.15) is 0 Å². The monoisotopic (exact) mass is 303 g/mol. The van der Waals surface area contributed by atoms with E-state index in [9.17, 15) is 9.90 Å². The second-order valence-corrected chi connectivity index (χ2v) is 5.78. The minimum Gasteiger partial charge on any atom is -0.480 e. The molecule has 1 unspecified atom stereocenters. The van der Waals surface area contributed by atoms with Gasteiger partial charge in [-0.25, -0.2) is 0 Å². The Morgan fingerprint density at radius 1 is 1.32 bits per heavy atom. The standard InChI is InChI=1S/C18H25NO3/c1-4-6-10-17-14(12-19(3)15(5-2)18(20)21)13-9-7-8-11-16(13)22-17/h7-9,11,15H,4-6,10,12H2,1-3H3,(H,20,21). The molecule has 0 saturated heterocycles. The van der Waals surface area contributed by atoms with Crippen molar-refractivity contribution in [3.05, 3.63) is 35.6 Å². The number of carboxylic acid groups (broad SMARTS) is 1. The summed E-state index contributed by atoms with van der Waals surface area (Å²) in [5.41, 5.74) is 2.02. The third kappa shape index (κ3) is 3.50. The van der Waals surface area contributed by atoms with E-state index in [1.807, 2.05) is 37.1 Å². The zero-order valence-corrected chi connectivity index (χ0v) is 13.6. The first-order valence-corrected chi connectivity index (χ1v) is 8.00. The van der Waals surface area contributed by atoms with Crippen molar-refractivity contribution in [3.8, 4) is 0 Å². The third-order valence-corrected chi connectivity index (χ3v) is 4.15. The topological polar surface area (TPSA) is 53.7 Å². The smallest absolute Gasteiger partial charge is 0.320 e. The van der Waals surface area contributed by atoms with Crippen LogP contribution in [0.3, 0.4) is 0 Å². The second-order valence-electron chi connectivity index (χ2n) is 5.78. The van der Waals surface area contributed by atoms with Crippen LogP contribution in [0.4, 0.5) is 0 Å². The number of hydrogen-bond acceptors (Lipinski definition) is 3. The lowest BCUT2D eigenvalue weighted by molar-refractivity contribution is -0.143. The van der Waals surface area contributed by atoms with E-state index in [0.29, 0.717) is 13.0 Å². The molecule has 22 heavy (non-hydrogen) atoms. The number of rotatable bonds is 8. The Kier molecular flexibility index (Phi) is 5.61. The third-order valence-electron chi connectivity index (χ3n) is 4.15. The summed E-state index contributed by atoms with van der Waals surface area (Å²) in [6, 6.07) is 7.53. The molecule has 1 aromatic carbocycles. The van der Waals surface area contributed by atoms with Crippen molar-refractivity contribution in [2.75, 3.05) is 7.05 Å². The van der Waals surface area contributed by atoms with Crippen LogP contribution < -0.4 is 0 Å². The Bertz CT molecular complexity index is 632. The Morgan fingerprint density at radius 2 is 2.05 bits per heavy atom. The largest absolute Gasteiger partial charge is 0.480 e. The number of unbranched alkanes of at least 4 members (excludes halogenated alkanes) is 1. The van der Waals surface area contributed by atoms with Gasteiger partial charge in [0.1, 0.15) is 17.4 Å². The molecule has 0 saturated carbocycles. The van der Waals surface area contributed by atoms with E-state index in [-0.39, 0.29) is 0 Å². The molecule has 0 spiro atoms. The zero-order chi connectivity index (χ0) is 16.1. The van der Waals surface area contributed by atoms with Gasteiger partial charge < -0.3 is 9.52 Å². The average Bonchev–Trinajstić information content (AvgIpc) is 2.83. The van der Waals surface area contributed by atoms with Gasteiger partial charge in [-0.3, -0.25) is 9.69 Å². The molecular formula is C18H25NO3. The first-order chi connectivity index (χ1) is 10.6. The van der Waals surface area contributed by atoms with Gasteiger partial charge in [0, 0.05) is 23.9 Å². The number of hydrogen-bond donors (Lipinski definition) is 1. The molecule has 0 radical (unpaired) electrons. The Balaban J connectivity index is 2.33. The fourth-order valence-electron chi connectivity index (χ4n) is 2.90. The van der Waals surface area contributed by atoms with Crippen LogP contribution in [0.25, 0.3) is 11.0 Å². The normalized spacial score (nSPS) is 12.9. The SMILES string of the molecule is CCCCc1oc2ccccc2c1CN(C)C(CC)C(=O)O.